The van der Waals surface area contributed by atoms with E-state index in [2.05, 4.69) is 126 Å². The Morgan fingerprint density at radius 3 is 1.92 bits per heavy atom. The molecule has 4 aromatic heterocycles. The lowest BCUT2D eigenvalue weighted by Gasteiger charge is -2.19. The second-order valence-electron chi connectivity index (χ2n) is 12.9. The summed E-state index contributed by atoms with van der Waals surface area (Å²) in [4.78, 5) is 9.42. The lowest BCUT2D eigenvalue weighted by Crippen LogP contribution is -2.05. The van der Waals surface area contributed by atoms with Crippen LogP contribution in [0.15, 0.2) is 162 Å². The molecule has 0 bridgehead atoms. The van der Waals surface area contributed by atoms with E-state index in [1.54, 1.807) is 0 Å². The van der Waals surface area contributed by atoms with Crippen LogP contribution >= 0.6 is 0 Å². The number of aromatic nitrogens is 3. The van der Waals surface area contributed by atoms with Crippen LogP contribution in [0.1, 0.15) is 23.2 Å². The molecule has 50 heavy (non-hydrogen) atoms. The number of rotatable bonds is 5. The van der Waals surface area contributed by atoms with Gasteiger partial charge in [0.05, 0.1) is 16.9 Å². The van der Waals surface area contributed by atoms with Gasteiger partial charge in [-0.15, -0.1) is 0 Å². The molecule has 10 rings (SSSR count). The Morgan fingerprint density at radius 1 is 0.500 bits per heavy atom. The number of benzene rings is 5. The molecule has 9 aromatic rings. The Kier molecular flexibility index (Phi) is 6.59. The fraction of sp³-hybridized carbons (Fsp3) is 0.0435. The maximum Gasteiger partial charge on any atom is 0.135 e. The van der Waals surface area contributed by atoms with Crippen molar-refractivity contribution < 1.29 is 4.42 Å². The third kappa shape index (κ3) is 4.61. The van der Waals surface area contributed by atoms with Crippen molar-refractivity contribution in [1.29, 1.82) is 0 Å². The maximum atomic E-state index is 6.22. The predicted octanol–water partition coefficient (Wildman–Crippen LogP) is 11.8. The van der Waals surface area contributed by atoms with Crippen LogP contribution in [0.3, 0.4) is 0 Å². The summed E-state index contributed by atoms with van der Waals surface area (Å²) in [6, 6.07) is 51.3. The fourth-order valence-electron chi connectivity index (χ4n) is 7.79. The molecule has 0 aliphatic heterocycles. The number of hydrogen-bond donors (Lipinski definition) is 0. The maximum absolute atomic E-state index is 6.22. The molecule has 1 aliphatic carbocycles. The molecular weight excluding hydrogens is 611 g/mol. The van der Waals surface area contributed by atoms with Crippen molar-refractivity contribution in [1.82, 2.24) is 14.5 Å². The highest BCUT2D eigenvalue weighted by molar-refractivity contribution is 6.06. The summed E-state index contributed by atoms with van der Waals surface area (Å²) >= 11 is 0. The zero-order valence-electron chi connectivity index (χ0n) is 27.3. The van der Waals surface area contributed by atoms with Crippen molar-refractivity contribution in [2.75, 3.05) is 0 Å². The summed E-state index contributed by atoms with van der Waals surface area (Å²) in [5.41, 5.74) is 15.9. The average Bonchev–Trinajstić information content (AvgIpc) is 3.73. The highest BCUT2D eigenvalue weighted by Gasteiger charge is 2.24. The first kappa shape index (κ1) is 28.5. The highest BCUT2D eigenvalue weighted by atomic mass is 16.3. The number of pyridine rings is 2. The molecular formula is C46H31N3O. The minimum Gasteiger partial charge on any atom is -0.456 e. The Labute approximate surface area is 289 Å². The SMILES string of the molecule is C1=C(c2ccccc2-c2ccccn2)CCc2c1c1cc(-c3ccccc3-c3ccccn3)ccc1n2-c1ccc2oc3ccccc3c2c1. The van der Waals surface area contributed by atoms with Gasteiger partial charge in [0.2, 0.25) is 0 Å². The minimum atomic E-state index is 0.905. The number of nitrogens with zero attached hydrogens (tertiary/aromatic N) is 3. The molecule has 1 aliphatic rings. The summed E-state index contributed by atoms with van der Waals surface area (Å²) in [5.74, 6) is 0. The first-order chi connectivity index (χ1) is 24.8. The molecule has 4 heteroatoms. The molecule has 0 spiro atoms. The van der Waals surface area contributed by atoms with E-state index in [-0.39, 0.29) is 0 Å². The van der Waals surface area contributed by atoms with E-state index in [1.165, 1.54) is 44.4 Å². The van der Waals surface area contributed by atoms with Gasteiger partial charge in [-0.3, -0.25) is 9.97 Å². The predicted molar refractivity (Wildman–Crippen MR) is 205 cm³/mol. The number of allylic oxidation sites excluding steroid dienone is 1. The van der Waals surface area contributed by atoms with E-state index in [4.69, 9.17) is 14.4 Å². The molecule has 236 valence electrons. The molecule has 0 atom stereocenters. The molecule has 0 fully saturated rings. The Hall–Kier alpha value is -6.52. The van der Waals surface area contributed by atoms with Crippen LogP contribution in [0.4, 0.5) is 0 Å². The summed E-state index contributed by atoms with van der Waals surface area (Å²) in [7, 11) is 0. The van der Waals surface area contributed by atoms with Crippen LogP contribution in [0.2, 0.25) is 0 Å². The normalized spacial score (nSPS) is 12.8. The lowest BCUT2D eigenvalue weighted by molar-refractivity contribution is 0.669. The standard InChI is InChI=1S/C46H31N3O/c1-3-13-35(41-16-7-9-25-47-41)33(11-1)30-19-22-43-38(27-30)39-28-31(34-12-2-4-14-36(34)42-17-8-10-26-48-42)20-23-44(39)49(43)32-21-24-46-40(29-32)37-15-5-6-18-45(37)50-46/h1-19,21-22,24-29H,20,23H2. The van der Waals surface area contributed by atoms with Crippen molar-refractivity contribution in [3.63, 3.8) is 0 Å². The van der Waals surface area contributed by atoms with Gasteiger partial charge in [-0.25, -0.2) is 0 Å². The van der Waals surface area contributed by atoms with Crippen molar-refractivity contribution in [2.24, 2.45) is 0 Å². The smallest absolute Gasteiger partial charge is 0.135 e. The van der Waals surface area contributed by atoms with Gasteiger partial charge in [-0.1, -0.05) is 84.9 Å². The van der Waals surface area contributed by atoms with Crippen LogP contribution in [0.25, 0.3) is 83.8 Å². The first-order valence-corrected chi connectivity index (χ1v) is 17.1. The van der Waals surface area contributed by atoms with Gasteiger partial charge in [0.25, 0.3) is 0 Å². The van der Waals surface area contributed by atoms with Crippen molar-refractivity contribution in [3.05, 3.63) is 175 Å². The Balaban J connectivity index is 1.21. The number of fused-ring (bicyclic) bond motifs is 6. The Bertz CT molecular complexity index is 2750. The third-order valence-electron chi connectivity index (χ3n) is 10.1. The van der Waals surface area contributed by atoms with Gasteiger partial charge in [0.1, 0.15) is 11.2 Å². The fourth-order valence-corrected chi connectivity index (χ4v) is 7.79. The average molecular weight is 642 g/mol. The number of para-hydroxylation sites is 1. The quantitative estimate of drug-likeness (QED) is 0.188. The van der Waals surface area contributed by atoms with E-state index < -0.39 is 0 Å². The lowest BCUT2D eigenvalue weighted by atomic mass is 9.87. The zero-order chi connectivity index (χ0) is 33.0. The van der Waals surface area contributed by atoms with Crippen LogP contribution in [-0.4, -0.2) is 14.5 Å². The van der Waals surface area contributed by atoms with Crippen LogP contribution in [0, 0.1) is 0 Å². The topological polar surface area (TPSA) is 43.9 Å². The second kappa shape index (κ2) is 11.6. The van der Waals surface area contributed by atoms with Gasteiger partial charge >= 0.3 is 0 Å². The molecule has 0 unspecified atom stereocenters. The summed E-state index contributed by atoms with van der Waals surface area (Å²) in [6.07, 6.45) is 8.01. The van der Waals surface area contributed by atoms with E-state index in [1.807, 2.05) is 42.7 Å². The monoisotopic (exact) mass is 641 g/mol. The van der Waals surface area contributed by atoms with Gasteiger partial charge in [0.15, 0.2) is 0 Å². The summed E-state index contributed by atoms with van der Waals surface area (Å²) in [5, 5.41) is 3.50. The molecule has 0 saturated carbocycles. The molecule has 0 saturated heterocycles. The van der Waals surface area contributed by atoms with Gasteiger partial charge in [0, 0.05) is 56.6 Å². The molecule has 0 radical (unpaired) electrons. The van der Waals surface area contributed by atoms with E-state index in [0.29, 0.717) is 0 Å². The summed E-state index contributed by atoms with van der Waals surface area (Å²) < 4.78 is 8.69. The second-order valence-corrected chi connectivity index (χ2v) is 12.9. The third-order valence-corrected chi connectivity index (χ3v) is 10.1. The highest BCUT2D eigenvalue weighted by Crippen LogP contribution is 2.43. The van der Waals surface area contributed by atoms with Gasteiger partial charge in [-0.2, -0.15) is 0 Å². The number of furan rings is 1. The van der Waals surface area contributed by atoms with Gasteiger partial charge in [-0.05, 0) is 102 Å². The molecule has 4 nitrogen and oxygen atoms in total. The van der Waals surface area contributed by atoms with Crippen molar-refractivity contribution in [2.45, 2.75) is 12.8 Å². The summed E-state index contributed by atoms with van der Waals surface area (Å²) in [6.45, 7) is 0. The van der Waals surface area contributed by atoms with E-state index >= 15 is 0 Å². The zero-order valence-corrected chi connectivity index (χ0v) is 27.3. The van der Waals surface area contributed by atoms with Crippen LogP contribution in [0.5, 0.6) is 0 Å². The molecule has 0 amide bonds. The van der Waals surface area contributed by atoms with Crippen molar-refractivity contribution in [3.8, 4) is 39.3 Å². The van der Waals surface area contributed by atoms with Gasteiger partial charge < -0.3 is 8.98 Å². The van der Waals surface area contributed by atoms with Crippen LogP contribution < -0.4 is 0 Å². The molecule has 5 aromatic carbocycles. The minimum absolute atomic E-state index is 0.905. The number of hydrogen-bond acceptors (Lipinski definition) is 3. The molecule has 4 heterocycles. The first-order valence-electron chi connectivity index (χ1n) is 17.1. The van der Waals surface area contributed by atoms with E-state index in [9.17, 15) is 0 Å². The Morgan fingerprint density at radius 2 is 1.16 bits per heavy atom. The van der Waals surface area contributed by atoms with E-state index in [0.717, 1.165) is 63.0 Å². The largest absolute Gasteiger partial charge is 0.456 e. The van der Waals surface area contributed by atoms with Crippen molar-refractivity contribution >= 4 is 44.5 Å². The van der Waals surface area contributed by atoms with Crippen LogP contribution in [-0.2, 0) is 6.42 Å². The molecule has 0 N–H and O–H groups in total.